The number of benzene rings is 1. The third-order valence-electron chi connectivity index (χ3n) is 4.81. The molecule has 1 aromatic heterocycles. The van der Waals surface area contributed by atoms with Gasteiger partial charge in [0.25, 0.3) is 5.91 Å². The Bertz CT molecular complexity index is 757. The minimum Gasteiger partial charge on any atom is -0.352 e. The maximum atomic E-state index is 12.2. The molecule has 28 heavy (non-hydrogen) atoms. The van der Waals surface area contributed by atoms with Crippen molar-refractivity contribution < 1.29 is 9.59 Å². The van der Waals surface area contributed by atoms with Gasteiger partial charge in [-0.05, 0) is 48.6 Å². The van der Waals surface area contributed by atoms with E-state index in [1.165, 1.54) is 0 Å². The molecule has 1 saturated carbocycles. The van der Waals surface area contributed by atoms with E-state index >= 15 is 0 Å². The summed E-state index contributed by atoms with van der Waals surface area (Å²) in [6, 6.07) is 10.8. The number of hydrogen-bond donors (Lipinski definition) is 3. The van der Waals surface area contributed by atoms with E-state index in [2.05, 4.69) is 15.6 Å². The maximum Gasteiger partial charge on any atom is 0.255 e. The van der Waals surface area contributed by atoms with Gasteiger partial charge in [0.2, 0.25) is 5.91 Å². The monoisotopic (exact) mass is 424 g/mol. The Morgan fingerprint density at radius 2 is 1.71 bits per heavy atom. The summed E-state index contributed by atoms with van der Waals surface area (Å²) in [5.74, 6) is 0.156. The second-order valence-electron chi connectivity index (χ2n) is 6.72. The smallest absolute Gasteiger partial charge is 0.255 e. The third-order valence-corrected chi connectivity index (χ3v) is 4.81. The molecule has 0 unspecified atom stereocenters. The van der Waals surface area contributed by atoms with Gasteiger partial charge in [0.05, 0.1) is 0 Å². The van der Waals surface area contributed by atoms with E-state index in [1.54, 1.807) is 36.7 Å². The highest BCUT2D eigenvalue weighted by Gasteiger charge is 2.25. The fraction of sp³-hybridized carbons (Fsp3) is 0.350. The Labute approximate surface area is 177 Å². The van der Waals surface area contributed by atoms with E-state index in [9.17, 15) is 9.59 Å². The number of amides is 2. The molecular weight excluding hydrogens is 399 g/mol. The molecule has 6 nitrogen and oxygen atoms in total. The SMILES string of the molecule is Cl.Cl.N[C@@H]1CCC[C@H]1CC(=O)NCc1ccc(C(=O)Nc2ccncc2)cc1. The molecule has 1 aliphatic rings. The van der Waals surface area contributed by atoms with E-state index in [-0.39, 0.29) is 42.7 Å². The summed E-state index contributed by atoms with van der Waals surface area (Å²) < 4.78 is 0. The van der Waals surface area contributed by atoms with Crippen molar-refractivity contribution in [3.8, 4) is 0 Å². The Hall–Kier alpha value is -2.15. The van der Waals surface area contributed by atoms with Gasteiger partial charge in [-0.25, -0.2) is 0 Å². The van der Waals surface area contributed by atoms with Crippen LogP contribution in [0.1, 0.15) is 41.6 Å². The summed E-state index contributed by atoms with van der Waals surface area (Å²) in [7, 11) is 0. The van der Waals surface area contributed by atoms with Gasteiger partial charge >= 0.3 is 0 Å². The second kappa shape index (κ2) is 11.6. The zero-order valence-corrected chi connectivity index (χ0v) is 17.1. The van der Waals surface area contributed by atoms with Crippen molar-refractivity contribution in [2.45, 2.75) is 38.3 Å². The van der Waals surface area contributed by atoms with Crippen LogP contribution in [0.4, 0.5) is 5.69 Å². The first-order valence-corrected chi connectivity index (χ1v) is 8.94. The van der Waals surface area contributed by atoms with Gasteiger partial charge in [-0.1, -0.05) is 18.6 Å². The molecule has 2 amide bonds. The van der Waals surface area contributed by atoms with E-state index < -0.39 is 0 Å². The number of carbonyl (C=O) groups is 2. The molecular formula is C20H26Cl2N4O2. The van der Waals surface area contributed by atoms with Gasteiger partial charge in [0, 0.05) is 42.7 Å². The number of hydrogen-bond acceptors (Lipinski definition) is 4. The van der Waals surface area contributed by atoms with Crippen LogP contribution in [-0.2, 0) is 11.3 Å². The van der Waals surface area contributed by atoms with Crippen LogP contribution in [0, 0.1) is 5.92 Å². The molecule has 4 N–H and O–H groups in total. The highest BCUT2D eigenvalue weighted by atomic mass is 35.5. The summed E-state index contributed by atoms with van der Waals surface area (Å²) >= 11 is 0. The summed E-state index contributed by atoms with van der Waals surface area (Å²) in [6.07, 6.45) is 6.91. The maximum absolute atomic E-state index is 12.2. The molecule has 1 aromatic carbocycles. The lowest BCUT2D eigenvalue weighted by molar-refractivity contribution is -0.122. The Balaban J connectivity index is 0.00000196. The summed E-state index contributed by atoms with van der Waals surface area (Å²) in [5.41, 5.74) is 8.23. The lowest BCUT2D eigenvalue weighted by Crippen LogP contribution is -2.31. The van der Waals surface area contributed by atoms with Crippen LogP contribution in [0.25, 0.3) is 0 Å². The molecule has 2 atom stereocenters. The first kappa shape index (κ1) is 23.9. The highest BCUT2D eigenvalue weighted by molar-refractivity contribution is 6.04. The van der Waals surface area contributed by atoms with Crippen LogP contribution < -0.4 is 16.4 Å². The number of pyridine rings is 1. The van der Waals surface area contributed by atoms with Crippen molar-refractivity contribution >= 4 is 42.3 Å². The van der Waals surface area contributed by atoms with Gasteiger partial charge in [0.15, 0.2) is 0 Å². The van der Waals surface area contributed by atoms with Crippen molar-refractivity contribution in [2.24, 2.45) is 11.7 Å². The molecule has 152 valence electrons. The molecule has 8 heteroatoms. The number of anilines is 1. The van der Waals surface area contributed by atoms with E-state index in [4.69, 9.17) is 5.73 Å². The molecule has 3 rings (SSSR count). The molecule has 2 aromatic rings. The molecule has 0 aliphatic heterocycles. The first-order valence-electron chi connectivity index (χ1n) is 8.94. The van der Waals surface area contributed by atoms with E-state index in [0.717, 1.165) is 24.8 Å². The molecule has 0 bridgehead atoms. The topological polar surface area (TPSA) is 97.1 Å². The van der Waals surface area contributed by atoms with Gasteiger partial charge in [0.1, 0.15) is 0 Å². The van der Waals surface area contributed by atoms with Crippen molar-refractivity contribution in [1.82, 2.24) is 10.3 Å². The van der Waals surface area contributed by atoms with Crippen molar-refractivity contribution in [3.05, 3.63) is 59.9 Å². The number of nitrogens with two attached hydrogens (primary N) is 1. The van der Waals surface area contributed by atoms with Crippen LogP contribution in [0.5, 0.6) is 0 Å². The van der Waals surface area contributed by atoms with Crippen molar-refractivity contribution in [1.29, 1.82) is 0 Å². The van der Waals surface area contributed by atoms with Gasteiger partial charge < -0.3 is 16.4 Å². The van der Waals surface area contributed by atoms with Gasteiger partial charge in [-0.2, -0.15) is 0 Å². The zero-order chi connectivity index (χ0) is 18.4. The molecule has 0 spiro atoms. The van der Waals surface area contributed by atoms with Crippen LogP contribution in [0.3, 0.4) is 0 Å². The number of nitrogens with one attached hydrogen (secondary N) is 2. The quantitative estimate of drug-likeness (QED) is 0.662. The number of aromatic nitrogens is 1. The van der Waals surface area contributed by atoms with E-state index in [1.807, 2.05) is 12.1 Å². The predicted octanol–water partition coefficient (Wildman–Crippen LogP) is 3.31. The Kier molecular flexibility index (Phi) is 9.93. The summed E-state index contributed by atoms with van der Waals surface area (Å²) in [4.78, 5) is 28.2. The number of carbonyl (C=O) groups excluding carboxylic acids is 2. The minimum absolute atomic E-state index is 0. The van der Waals surface area contributed by atoms with Crippen LogP contribution >= 0.6 is 24.8 Å². The fourth-order valence-corrected chi connectivity index (χ4v) is 3.24. The molecule has 0 saturated heterocycles. The van der Waals surface area contributed by atoms with Crippen molar-refractivity contribution in [3.63, 3.8) is 0 Å². The zero-order valence-electron chi connectivity index (χ0n) is 15.5. The molecule has 1 heterocycles. The molecule has 0 radical (unpaired) electrons. The fourth-order valence-electron chi connectivity index (χ4n) is 3.24. The second-order valence-corrected chi connectivity index (χ2v) is 6.72. The lowest BCUT2D eigenvalue weighted by Gasteiger charge is -2.14. The Morgan fingerprint density at radius 1 is 1.04 bits per heavy atom. The third kappa shape index (κ3) is 6.78. The largest absolute Gasteiger partial charge is 0.352 e. The van der Waals surface area contributed by atoms with Crippen LogP contribution in [-0.4, -0.2) is 22.8 Å². The van der Waals surface area contributed by atoms with E-state index in [0.29, 0.717) is 30.1 Å². The van der Waals surface area contributed by atoms with Gasteiger partial charge in [-0.15, -0.1) is 24.8 Å². The number of halogens is 2. The minimum atomic E-state index is -0.179. The summed E-state index contributed by atoms with van der Waals surface area (Å²) in [5, 5.41) is 5.74. The van der Waals surface area contributed by atoms with Crippen LogP contribution in [0.2, 0.25) is 0 Å². The predicted molar refractivity (Wildman–Crippen MR) is 115 cm³/mol. The standard InChI is InChI=1S/C20H24N4O2.2ClH/c21-18-3-1-2-16(18)12-19(25)23-13-14-4-6-15(7-5-14)20(26)24-17-8-10-22-11-9-17;;/h4-11,16,18H,1-3,12-13,21H2,(H,23,25)(H,22,24,26);2*1H/t16-,18+;;/m0../s1. The first-order chi connectivity index (χ1) is 12.6. The Morgan fingerprint density at radius 3 is 2.32 bits per heavy atom. The molecule has 1 fully saturated rings. The van der Waals surface area contributed by atoms with Gasteiger partial charge in [-0.3, -0.25) is 14.6 Å². The molecule has 1 aliphatic carbocycles. The normalized spacial score (nSPS) is 17.8. The van der Waals surface area contributed by atoms with Crippen molar-refractivity contribution in [2.75, 3.05) is 5.32 Å². The number of nitrogens with zero attached hydrogens (tertiary/aromatic N) is 1. The average Bonchev–Trinajstić information content (AvgIpc) is 3.06. The lowest BCUT2D eigenvalue weighted by atomic mass is 10.00. The van der Waals surface area contributed by atoms with Crippen LogP contribution in [0.15, 0.2) is 48.8 Å². The average molecular weight is 425 g/mol. The highest BCUT2D eigenvalue weighted by Crippen LogP contribution is 2.26. The summed E-state index contributed by atoms with van der Waals surface area (Å²) in [6.45, 7) is 0.451. The number of rotatable bonds is 6.